The van der Waals surface area contributed by atoms with E-state index in [1.54, 1.807) is 6.92 Å². The Morgan fingerprint density at radius 3 is 2.34 bits per heavy atom. The second-order valence-corrected chi connectivity index (χ2v) is 8.89. The average molecular weight is 434 g/mol. The monoisotopic (exact) mass is 434 g/mol. The number of hydrogen-bond acceptors (Lipinski definition) is 8. The Morgan fingerprint density at radius 1 is 1.31 bits per heavy atom. The molecular weight excluding hydrogens is 408 g/mol. The maximum Gasteiger partial charge on any atom is 0.358 e. The Kier molecular flexibility index (Phi) is 7.01. The fourth-order valence-electron chi connectivity index (χ4n) is 3.32. The van der Waals surface area contributed by atoms with Crippen LogP contribution >= 0.6 is 0 Å². The summed E-state index contributed by atoms with van der Waals surface area (Å²) >= 11 is 0. The van der Waals surface area contributed by atoms with Gasteiger partial charge in [0, 0.05) is 33.7 Å². The predicted molar refractivity (Wildman–Crippen MR) is 101 cm³/mol. The molecule has 2 heterocycles. The molecule has 0 saturated carbocycles. The molecule has 0 unspecified atom stereocenters. The number of nitrogens with zero attached hydrogens (tertiary/aromatic N) is 4. The van der Waals surface area contributed by atoms with E-state index in [0.29, 0.717) is 0 Å². The van der Waals surface area contributed by atoms with Crippen molar-refractivity contribution < 1.29 is 33.3 Å². The standard InChI is InChI=1S/C16H26N4O8S/c1-4-20-13(23)12(22)11(14(24)25)17-15(20)16(28-10-9-21)5-7-19(8-6-16)29(26,27)18(2)3/h21-22H,4-10H2,1-3H3,(H,24,25). The quantitative estimate of drug-likeness (QED) is 0.455. The molecular formula is C16H26N4O8S. The summed E-state index contributed by atoms with van der Waals surface area (Å²) in [5, 5.41) is 28.4. The van der Waals surface area contributed by atoms with Crippen LogP contribution in [-0.2, 0) is 27.1 Å². The molecule has 1 saturated heterocycles. The lowest BCUT2D eigenvalue weighted by Gasteiger charge is -2.41. The van der Waals surface area contributed by atoms with Gasteiger partial charge in [0.2, 0.25) is 5.75 Å². The van der Waals surface area contributed by atoms with Crippen LogP contribution in [0.4, 0.5) is 0 Å². The summed E-state index contributed by atoms with van der Waals surface area (Å²) in [4.78, 5) is 28.0. The highest BCUT2D eigenvalue weighted by Crippen LogP contribution is 2.37. The van der Waals surface area contributed by atoms with Gasteiger partial charge >= 0.3 is 5.97 Å². The van der Waals surface area contributed by atoms with Crippen LogP contribution in [-0.4, -0.2) is 88.3 Å². The van der Waals surface area contributed by atoms with Gasteiger partial charge in [-0.15, -0.1) is 0 Å². The Morgan fingerprint density at radius 2 is 1.90 bits per heavy atom. The molecule has 1 aliphatic rings. The van der Waals surface area contributed by atoms with Gasteiger partial charge in [0.25, 0.3) is 15.8 Å². The fraction of sp³-hybridized carbons (Fsp3) is 0.688. The van der Waals surface area contributed by atoms with Gasteiger partial charge < -0.3 is 20.1 Å². The first-order valence-corrected chi connectivity index (χ1v) is 10.4. The number of rotatable bonds is 8. The van der Waals surface area contributed by atoms with E-state index in [9.17, 15) is 33.3 Å². The zero-order chi connectivity index (χ0) is 22.0. The molecule has 29 heavy (non-hydrogen) atoms. The van der Waals surface area contributed by atoms with Gasteiger partial charge in [-0.3, -0.25) is 9.36 Å². The van der Waals surface area contributed by atoms with Gasteiger partial charge in [0.05, 0.1) is 13.2 Å². The third-order valence-corrected chi connectivity index (χ3v) is 6.80. The van der Waals surface area contributed by atoms with Gasteiger partial charge in [-0.1, -0.05) is 0 Å². The largest absolute Gasteiger partial charge is 0.501 e. The molecule has 164 valence electrons. The number of aliphatic hydroxyl groups is 1. The molecule has 13 heteroatoms. The highest BCUT2D eigenvalue weighted by Gasteiger charge is 2.44. The molecule has 0 spiro atoms. The summed E-state index contributed by atoms with van der Waals surface area (Å²) in [5.41, 5.74) is -3.02. The molecule has 1 fully saturated rings. The summed E-state index contributed by atoms with van der Waals surface area (Å²) < 4.78 is 34.1. The lowest BCUT2D eigenvalue weighted by molar-refractivity contribution is -0.0988. The first-order valence-electron chi connectivity index (χ1n) is 9.01. The Balaban J connectivity index is 2.57. The Hall–Kier alpha value is -2.06. The molecule has 0 aliphatic carbocycles. The predicted octanol–water partition coefficient (Wildman–Crippen LogP) is -1.23. The van der Waals surface area contributed by atoms with Crippen LogP contribution in [0.1, 0.15) is 36.1 Å². The van der Waals surface area contributed by atoms with Gasteiger partial charge in [-0.05, 0) is 19.8 Å². The van der Waals surface area contributed by atoms with E-state index in [1.165, 1.54) is 18.4 Å². The number of aromatic carboxylic acids is 1. The molecule has 2 rings (SSSR count). The zero-order valence-electron chi connectivity index (χ0n) is 16.5. The first kappa shape index (κ1) is 23.2. The molecule has 1 aliphatic heterocycles. The number of aromatic hydroxyl groups is 1. The first-order chi connectivity index (χ1) is 13.5. The summed E-state index contributed by atoms with van der Waals surface area (Å²) in [6.07, 6.45) is 0.159. The molecule has 1 aromatic rings. The van der Waals surface area contributed by atoms with Crippen molar-refractivity contribution in [1.82, 2.24) is 18.2 Å². The number of carboxylic acids is 1. The van der Waals surface area contributed by atoms with Crippen molar-refractivity contribution in [3.05, 3.63) is 21.9 Å². The fourth-order valence-corrected chi connectivity index (χ4v) is 4.42. The molecule has 0 aromatic carbocycles. The molecule has 0 atom stereocenters. The van der Waals surface area contributed by atoms with Crippen molar-refractivity contribution in [2.75, 3.05) is 40.4 Å². The third kappa shape index (κ3) is 4.28. The smallest absolute Gasteiger partial charge is 0.358 e. The minimum absolute atomic E-state index is 0.0180. The van der Waals surface area contributed by atoms with Crippen molar-refractivity contribution in [1.29, 1.82) is 0 Å². The number of carboxylic acid groups (broad SMARTS) is 1. The van der Waals surface area contributed by atoms with Gasteiger partial charge in [-0.25, -0.2) is 9.78 Å². The van der Waals surface area contributed by atoms with Crippen LogP contribution in [0.25, 0.3) is 0 Å². The second kappa shape index (κ2) is 8.75. The van der Waals surface area contributed by atoms with Gasteiger partial charge in [0.15, 0.2) is 5.69 Å². The maximum absolute atomic E-state index is 12.5. The normalized spacial score (nSPS) is 17.6. The van der Waals surface area contributed by atoms with Crippen molar-refractivity contribution in [2.45, 2.75) is 31.9 Å². The van der Waals surface area contributed by atoms with Crippen LogP contribution < -0.4 is 5.56 Å². The van der Waals surface area contributed by atoms with Crippen LogP contribution in [0.15, 0.2) is 4.79 Å². The number of aromatic nitrogens is 2. The van der Waals surface area contributed by atoms with E-state index in [4.69, 9.17) is 4.74 Å². The number of carbonyl (C=O) groups is 1. The van der Waals surface area contributed by atoms with Gasteiger partial charge in [-0.2, -0.15) is 17.0 Å². The SMILES string of the molecule is CCn1c(C2(OCCO)CCN(S(=O)(=O)N(C)C)CC2)nc(C(=O)O)c(O)c1=O. The maximum atomic E-state index is 12.5. The summed E-state index contributed by atoms with van der Waals surface area (Å²) in [6, 6.07) is 0. The minimum atomic E-state index is -3.67. The molecule has 12 nitrogen and oxygen atoms in total. The van der Waals surface area contributed by atoms with E-state index in [0.717, 1.165) is 8.87 Å². The number of piperidine rings is 1. The van der Waals surface area contributed by atoms with Crippen molar-refractivity contribution >= 4 is 16.2 Å². The van der Waals surface area contributed by atoms with E-state index in [1.807, 2.05) is 0 Å². The van der Waals surface area contributed by atoms with Crippen molar-refractivity contribution in [3.63, 3.8) is 0 Å². The van der Waals surface area contributed by atoms with Crippen molar-refractivity contribution in [3.8, 4) is 5.75 Å². The van der Waals surface area contributed by atoms with Crippen LogP contribution in [0.3, 0.4) is 0 Å². The van der Waals surface area contributed by atoms with E-state index in [-0.39, 0.29) is 51.5 Å². The molecule has 1 aromatic heterocycles. The summed E-state index contributed by atoms with van der Waals surface area (Å²) in [6.45, 7) is 1.32. The molecule has 0 bridgehead atoms. The van der Waals surface area contributed by atoms with E-state index < -0.39 is 38.8 Å². The topological polar surface area (TPSA) is 162 Å². The van der Waals surface area contributed by atoms with Crippen LogP contribution in [0, 0.1) is 0 Å². The Labute approximate surface area is 168 Å². The van der Waals surface area contributed by atoms with E-state index in [2.05, 4.69) is 4.98 Å². The minimum Gasteiger partial charge on any atom is -0.501 e. The lowest BCUT2D eigenvalue weighted by atomic mass is 9.90. The summed E-state index contributed by atoms with van der Waals surface area (Å²) in [5.74, 6) is -2.57. The average Bonchev–Trinajstić information content (AvgIpc) is 2.68. The lowest BCUT2D eigenvalue weighted by Crippen LogP contribution is -2.51. The third-order valence-electron chi connectivity index (χ3n) is 4.86. The van der Waals surface area contributed by atoms with Crippen LogP contribution in [0.2, 0.25) is 0 Å². The number of ether oxygens (including phenoxy) is 1. The highest BCUT2D eigenvalue weighted by molar-refractivity contribution is 7.86. The molecule has 3 N–H and O–H groups in total. The molecule has 0 amide bonds. The van der Waals surface area contributed by atoms with Crippen molar-refractivity contribution in [2.24, 2.45) is 0 Å². The highest BCUT2D eigenvalue weighted by atomic mass is 32.2. The zero-order valence-corrected chi connectivity index (χ0v) is 17.3. The van der Waals surface area contributed by atoms with E-state index >= 15 is 0 Å². The van der Waals surface area contributed by atoms with Crippen LogP contribution in [0.5, 0.6) is 5.75 Å². The number of hydrogen-bond donors (Lipinski definition) is 3. The summed E-state index contributed by atoms with van der Waals surface area (Å²) in [7, 11) is -0.843. The second-order valence-electron chi connectivity index (χ2n) is 6.74. The number of aliphatic hydroxyl groups excluding tert-OH is 1. The Bertz CT molecular complexity index is 920. The molecule has 0 radical (unpaired) electrons. The van der Waals surface area contributed by atoms with Gasteiger partial charge in [0.1, 0.15) is 11.4 Å².